The molecule has 29 heavy (non-hydrogen) atoms. The lowest BCUT2D eigenvalue weighted by Gasteiger charge is -2.27. The Morgan fingerprint density at radius 2 is 1.62 bits per heavy atom. The van der Waals surface area contributed by atoms with Crippen molar-refractivity contribution in [1.82, 2.24) is 13.8 Å². The predicted molar refractivity (Wildman–Crippen MR) is 105 cm³/mol. The first-order valence-corrected chi connectivity index (χ1v) is 10.9. The number of aryl methyl sites for hydroxylation is 1. The Bertz CT molecular complexity index is 1100. The number of sulfonamides is 1. The Labute approximate surface area is 168 Å². The van der Waals surface area contributed by atoms with E-state index >= 15 is 0 Å². The second-order valence-electron chi connectivity index (χ2n) is 7.08. The number of amides is 1. The van der Waals surface area contributed by atoms with Crippen molar-refractivity contribution < 1.29 is 22.7 Å². The number of hydrogen-bond acceptors (Lipinski definition) is 6. The molecule has 0 radical (unpaired) electrons. The highest BCUT2D eigenvalue weighted by Gasteiger charge is 2.28. The lowest BCUT2D eigenvalue weighted by atomic mass is 10.1. The van der Waals surface area contributed by atoms with Crippen LogP contribution in [0.15, 0.2) is 34.1 Å². The van der Waals surface area contributed by atoms with Gasteiger partial charge in [0.2, 0.25) is 15.5 Å². The van der Waals surface area contributed by atoms with Crippen molar-refractivity contribution in [2.24, 2.45) is 7.05 Å². The van der Waals surface area contributed by atoms with E-state index in [1.54, 1.807) is 22.6 Å². The Balaban J connectivity index is 1.78. The second-order valence-corrected chi connectivity index (χ2v) is 9.02. The van der Waals surface area contributed by atoms with E-state index in [4.69, 9.17) is 9.47 Å². The monoisotopic (exact) mass is 421 g/mol. The number of aromatic nitrogens is 1. The van der Waals surface area contributed by atoms with Gasteiger partial charge in [-0.25, -0.2) is 8.42 Å². The largest absolute Gasteiger partial charge is 0.379 e. The Kier molecular flexibility index (Phi) is 5.43. The zero-order valence-electron chi connectivity index (χ0n) is 16.2. The molecule has 10 heteroatoms. The molecule has 1 aromatic carbocycles. The molecule has 0 atom stereocenters. The fourth-order valence-electron chi connectivity index (χ4n) is 3.66. The van der Waals surface area contributed by atoms with E-state index < -0.39 is 15.5 Å². The van der Waals surface area contributed by atoms with Gasteiger partial charge in [-0.15, -0.1) is 0 Å². The maximum Gasteiger partial charge on any atom is 0.259 e. The van der Waals surface area contributed by atoms with Crippen LogP contribution in [0, 0.1) is 0 Å². The molecule has 156 valence electrons. The van der Waals surface area contributed by atoms with Crippen molar-refractivity contribution in [3.05, 3.63) is 40.2 Å². The minimum Gasteiger partial charge on any atom is -0.379 e. The second kappa shape index (κ2) is 7.86. The third kappa shape index (κ3) is 3.68. The Hall–Kier alpha value is -2.27. The van der Waals surface area contributed by atoms with Crippen LogP contribution < -0.4 is 5.43 Å². The van der Waals surface area contributed by atoms with Gasteiger partial charge in [-0.05, 0) is 18.2 Å². The topological polar surface area (TPSA) is 98.2 Å². The summed E-state index contributed by atoms with van der Waals surface area (Å²) in [6.07, 6.45) is 1.51. The predicted octanol–water partition coefficient (Wildman–Crippen LogP) is 0.0318. The molecular weight excluding hydrogens is 398 g/mol. The average Bonchev–Trinajstić information content (AvgIpc) is 2.76. The van der Waals surface area contributed by atoms with Crippen LogP contribution in [0.5, 0.6) is 0 Å². The fourth-order valence-corrected chi connectivity index (χ4v) is 5.09. The van der Waals surface area contributed by atoms with E-state index in [1.807, 2.05) is 0 Å². The molecule has 1 amide bonds. The lowest BCUT2D eigenvalue weighted by molar-refractivity contribution is 0.0301. The molecule has 2 aromatic rings. The summed E-state index contributed by atoms with van der Waals surface area (Å²) >= 11 is 0. The van der Waals surface area contributed by atoms with Crippen LogP contribution >= 0.6 is 0 Å². The molecule has 9 nitrogen and oxygen atoms in total. The van der Waals surface area contributed by atoms with E-state index in [2.05, 4.69) is 0 Å². The molecule has 2 aliphatic heterocycles. The molecule has 0 saturated carbocycles. The fraction of sp³-hybridized carbons (Fsp3) is 0.474. The highest BCUT2D eigenvalue weighted by molar-refractivity contribution is 7.89. The van der Waals surface area contributed by atoms with Gasteiger partial charge in [0.15, 0.2) is 0 Å². The van der Waals surface area contributed by atoms with Gasteiger partial charge in [0.05, 0.1) is 36.8 Å². The molecule has 0 spiro atoms. The number of benzene rings is 1. The van der Waals surface area contributed by atoms with Crippen molar-refractivity contribution >= 4 is 26.8 Å². The van der Waals surface area contributed by atoms with Gasteiger partial charge in [0, 0.05) is 44.8 Å². The molecular formula is C19H23N3O6S. The summed E-state index contributed by atoms with van der Waals surface area (Å²) in [6, 6.07) is 4.47. The quantitative estimate of drug-likeness (QED) is 0.694. The third-order valence-corrected chi connectivity index (χ3v) is 7.19. The van der Waals surface area contributed by atoms with E-state index in [1.165, 1.54) is 22.6 Å². The van der Waals surface area contributed by atoms with Crippen LogP contribution in [0.25, 0.3) is 10.9 Å². The molecule has 0 aliphatic carbocycles. The summed E-state index contributed by atoms with van der Waals surface area (Å²) in [5, 5.41) is 0.209. The summed E-state index contributed by atoms with van der Waals surface area (Å²) in [7, 11) is -2.01. The zero-order valence-corrected chi connectivity index (χ0v) is 17.0. The van der Waals surface area contributed by atoms with Crippen LogP contribution in [0.1, 0.15) is 10.4 Å². The number of nitrogens with zero attached hydrogens (tertiary/aromatic N) is 3. The summed E-state index contributed by atoms with van der Waals surface area (Å²) in [5.74, 6) is -0.364. The lowest BCUT2D eigenvalue weighted by Crippen LogP contribution is -2.42. The summed E-state index contributed by atoms with van der Waals surface area (Å²) in [5.41, 5.74) is 0.130. The van der Waals surface area contributed by atoms with Gasteiger partial charge in [0.1, 0.15) is 5.56 Å². The summed E-state index contributed by atoms with van der Waals surface area (Å²) in [4.78, 5) is 27.6. The number of morpholine rings is 2. The summed E-state index contributed by atoms with van der Waals surface area (Å²) < 4.78 is 39.4. The van der Waals surface area contributed by atoms with Crippen LogP contribution in [-0.4, -0.2) is 80.7 Å². The van der Waals surface area contributed by atoms with Gasteiger partial charge >= 0.3 is 0 Å². The normalized spacial score (nSPS) is 18.9. The first-order valence-electron chi connectivity index (χ1n) is 9.48. The molecule has 0 unspecified atom stereocenters. The standard InChI is InChI=1S/C19H23N3O6S/c1-20-13-16(19(24)21-4-8-27-9-5-21)18(23)15-12-14(2-3-17(15)20)29(25,26)22-6-10-28-11-7-22/h2-3,12-13H,4-11H2,1H3. The number of rotatable bonds is 3. The van der Waals surface area contributed by atoms with Crippen LogP contribution in [-0.2, 0) is 26.5 Å². The molecule has 1 aromatic heterocycles. The van der Waals surface area contributed by atoms with Crippen LogP contribution in [0.2, 0.25) is 0 Å². The molecule has 0 N–H and O–H groups in total. The third-order valence-electron chi connectivity index (χ3n) is 5.30. The highest BCUT2D eigenvalue weighted by Crippen LogP contribution is 2.21. The minimum atomic E-state index is -3.74. The van der Waals surface area contributed by atoms with Crippen LogP contribution in [0.4, 0.5) is 0 Å². The van der Waals surface area contributed by atoms with Crippen molar-refractivity contribution in [1.29, 1.82) is 0 Å². The van der Waals surface area contributed by atoms with Crippen LogP contribution in [0.3, 0.4) is 0 Å². The van der Waals surface area contributed by atoms with Crippen molar-refractivity contribution in [3.63, 3.8) is 0 Å². The van der Waals surface area contributed by atoms with E-state index in [9.17, 15) is 18.0 Å². The van der Waals surface area contributed by atoms with Crippen molar-refractivity contribution in [2.45, 2.75) is 4.90 Å². The SMILES string of the molecule is Cn1cc(C(=O)N2CCOCC2)c(=O)c2cc(S(=O)(=O)N3CCOCC3)ccc21. The smallest absolute Gasteiger partial charge is 0.259 e. The Morgan fingerprint density at radius 1 is 1.00 bits per heavy atom. The maximum absolute atomic E-state index is 13.1. The van der Waals surface area contributed by atoms with E-state index in [0.29, 0.717) is 45.0 Å². The number of hydrogen-bond donors (Lipinski definition) is 0. The van der Waals surface area contributed by atoms with Crippen molar-refractivity contribution in [3.8, 4) is 0 Å². The molecule has 2 aliphatic rings. The molecule has 0 bridgehead atoms. The molecule has 2 fully saturated rings. The average molecular weight is 421 g/mol. The summed E-state index contributed by atoms with van der Waals surface area (Å²) in [6.45, 7) is 2.93. The molecule has 3 heterocycles. The van der Waals surface area contributed by atoms with Gasteiger partial charge in [0.25, 0.3) is 5.91 Å². The molecule has 2 saturated heterocycles. The van der Waals surface area contributed by atoms with Gasteiger partial charge < -0.3 is 18.9 Å². The number of carbonyl (C=O) groups is 1. The van der Waals surface area contributed by atoms with E-state index in [-0.39, 0.29) is 34.8 Å². The first-order chi connectivity index (χ1) is 13.9. The minimum absolute atomic E-state index is 0.0304. The van der Waals surface area contributed by atoms with Gasteiger partial charge in [-0.2, -0.15) is 4.31 Å². The number of ether oxygens (including phenoxy) is 2. The van der Waals surface area contributed by atoms with Gasteiger partial charge in [-0.1, -0.05) is 0 Å². The maximum atomic E-state index is 13.1. The molecule has 4 rings (SSSR count). The Morgan fingerprint density at radius 3 is 2.28 bits per heavy atom. The number of fused-ring (bicyclic) bond motifs is 1. The number of pyridine rings is 1. The zero-order chi connectivity index (χ0) is 20.6. The van der Waals surface area contributed by atoms with Gasteiger partial charge in [-0.3, -0.25) is 9.59 Å². The highest BCUT2D eigenvalue weighted by atomic mass is 32.2. The van der Waals surface area contributed by atoms with Crippen molar-refractivity contribution in [2.75, 3.05) is 52.6 Å². The number of carbonyl (C=O) groups excluding carboxylic acids is 1. The first kappa shape index (κ1) is 20.0. The van der Waals surface area contributed by atoms with E-state index in [0.717, 1.165) is 0 Å².